The third kappa shape index (κ3) is 1.67. The van der Waals surface area contributed by atoms with Gasteiger partial charge >= 0.3 is 0 Å². The van der Waals surface area contributed by atoms with E-state index in [2.05, 4.69) is 20.4 Å². The van der Waals surface area contributed by atoms with Gasteiger partial charge in [0.15, 0.2) is 5.78 Å². The van der Waals surface area contributed by atoms with Crippen molar-refractivity contribution in [2.75, 3.05) is 0 Å². The zero-order valence-electron chi connectivity index (χ0n) is 13.8. The van der Waals surface area contributed by atoms with Crippen molar-refractivity contribution in [2.24, 2.45) is 28.6 Å². The molecule has 22 heavy (non-hydrogen) atoms. The molecule has 0 saturated heterocycles. The van der Waals surface area contributed by atoms with Crippen molar-refractivity contribution in [1.82, 2.24) is 0 Å². The quantitative estimate of drug-likeness (QED) is 0.626. The average Bonchev–Trinajstić information content (AvgIpc) is 2.75. The molecule has 0 heterocycles. The van der Waals surface area contributed by atoms with Crippen LogP contribution < -0.4 is 0 Å². The Balaban J connectivity index is 1.77. The molecular weight excluding hydrogens is 272 g/mol. The van der Waals surface area contributed by atoms with Crippen molar-refractivity contribution < 1.29 is 9.59 Å². The number of ketones is 2. The molecule has 0 N–H and O–H groups in total. The van der Waals surface area contributed by atoms with Gasteiger partial charge in [0.05, 0.1) is 0 Å². The van der Waals surface area contributed by atoms with E-state index in [4.69, 9.17) is 0 Å². The topological polar surface area (TPSA) is 34.1 Å². The van der Waals surface area contributed by atoms with Gasteiger partial charge in [-0.1, -0.05) is 31.6 Å². The maximum atomic E-state index is 12.5. The number of carbonyl (C=O) groups excluding carboxylic acids is 2. The first kappa shape index (κ1) is 14.4. The van der Waals surface area contributed by atoms with Crippen LogP contribution in [0, 0.1) is 28.6 Å². The van der Waals surface area contributed by atoms with Crippen LogP contribution in [0.5, 0.6) is 0 Å². The van der Waals surface area contributed by atoms with Gasteiger partial charge in [-0.05, 0) is 61.3 Å². The van der Waals surface area contributed by atoms with Gasteiger partial charge in [-0.2, -0.15) is 0 Å². The second kappa shape index (κ2) is 4.43. The minimum absolute atomic E-state index is 0.112. The standard InChI is InChI=1S/C20H26O2/c1-12-11-20(3)16(6-7-17(20)22)15-5-4-13-10-14(21)8-9-19(13,2)18(12)15/h10,15-16,18H,1,4-9,11H2,2-3H3/t15-,16-,18+,19-,20-/m0/s1. The van der Waals surface area contributed by atoms with Crippen molar-refractivity contribution in [3.05, 3.63) is 23.8 Å². The normalized spacial score (nSPS) is 47.6. The van der Waals surface area contributed by atoms with Crippen LogP contribution >= 0.6 is 0 Å². The van der Waals surface area contributed by atoms with E-state index in [9.17, 15) is 9.59 Å². The van der Waals surface area contributed by atoms with Crippen LogP contribution in [0.4, 0.5) is 0 Å². The molecule has 4 aliphatic carbocycles. The van der Waals surface area contributed by atoms with Gasteiger partial charge in [-0.15, -0.1) is 0 Å². The number of hydrogen-bond donors (Lipinski definition) is 0. The Hall–Kier alpha value is -1.18. The lowest BCUT2D eigenvalue weighted by Gasteiger charge is -2.57. The van der Waals surface area contributed by atoms with Crippen LogP contribution in [-0.4, -0.2) is 11.6 Å². The molecule has 5 atom stereocenters. The van der Waals surface area contributed by atoms with Crippen LogP contribution in [0.15, 0.2) is 23.8 Å². The molecule has 4 aliphatic rings. The summed E-state index contributed by atoms with van der Waals surface area (Å²) in [6.07, 6.45) is 8.44. The Morgan fingerprint density at radius 2 is 1.86 bits per heavy atom. The summed E-state index contributed by atoms with van der Waals surface area (Å²) in [5.74, 6) is 2.36. The first-order chi connectivity index (χ1) is 10.4. The molecule has 118 valence electrons. The van der Waals surface area contributed by atoms with E-state index < -0.39 is 0 Å². The maximum Gasteiger partial charge on any atom is 0.155 e. The van der Waals surface area contributed by atoms with E-state index >= 15 is 0 Å². The molecule has 2 heteroatoms. The Bertz CT molecular complexity index is 613. The summed E-state index contributed by atoms with van der Waals surface area (Å²) >= 11 is 0. The van der Waals surface area contributed by atoms with Gasteiger partial charge in [-0.25, -0.2) is 0 Å². The van der Waals surface area contributed by atoms with Crippen LogP contribution in [0.1, 0.15) is 58.8 Å². The Morgan fingerprint density at radius 3 is 2.64 bits per heavy atom. The van der Waals surface area contributed by atoms with Gasteiger partial charge in [0, 0.05) is 18.3 Å². The predicted octanol–water partition coefficient (Wildman–Crippen LogP) is 4.25. The lowest BCUT2D eigenvalue weighted by molar-refractivity contribution is -0.129. The number of carbonyl (C=O) groups is 2. The first-order valence-electron chi connectivity index (χ1n) is 8.81. The molecule has 0 spiro atoms. The summed E-state index contributed by atoms with van der Waals surface area (Å²) in [4.78, 5) is 24.3. The van der Waals surface area contributed by atoms with Crippen molar-refractivity contribution in [2.45, 2.75) is 58.8 Å². The van der Waals surface area contributed by atoms with E-state index in [0.717, 1.165) is 38.5 Å². The van der Waals surface area contributed by atoms with E-state index in [1.54, 1.807) is 0 Å². The van der Waals surface area contributed by atoms with Crippen LogP contribution in [0.25, 0.3) is 0 Å². The molecule has 0 aromatic carbocycles. The molecule has 0 unspecified atom stereocenters. The van der Waals surface area contributed by atoms with Crippen molar-refractivity contribution in [1.29, 1.82) is 0 Å². The fraction of sp³-hybridized carbons (Fsp3) is 0.700. The summed E-state index contributed by atoms with van der Waals surface area (Å²) in [6.45, 7) is 8.97. The third-order valence-electron chi connectivity index (χ3n) is 7.51. The Labute approximate surface area is 133 Å². The van der Waals surface area contributed by atoms with E-state index in [1.807, 2.05) is 6.08 Å². The Kier molecular flexibility index (Phi) is 2.90. The van der Waals surface area contributed by atoms with Gasteiger partial charge in [0.1, 0.15) is 5.78 Å². The van der Waals surface area contributed by atoms with Gasteiger partial charge in [0.2, 0.25) is 0 Å². The zero-order valence-corrected chi connectivity index (χ0v) is 13.8. The van der Waals surface area contributed by atoms with Crippen LogP contribution in [0.3, 0.4) is 0 Å². The molecule has 0 bridgehead atoms. The molecule has 2 nitrogen and oxygen atoms in total. The molecule has 0 aliphatic heterocycles. The van der Waals surface area contributed by atoms with Gasteiger partial charge in [0.25, 0.3) is 0 Å². The number of rotatable bonds is 0. The second-order valence-electron chi connectivity index (χ2n) is 8.55. The highest BCUT2D eigenvalue weighted by molar-refractivity contribution is 5.92. The zero-order chi connectivity index (χ0) is 15.7. The summed E-state index contributed by atoms with van der Waals surface area (Å²) in [7, 11) is 0. The van der Waals surface area contributed by atoms with Crippen molar-refractivity contribution in [3.63, 3.8) is 0 Å². The number of fused-ring (bicyclic) bond motifs is 5. The Morgan fingerprint density at radius 1 is 1.09 bits per heavy atom. The van der Waals surface area contributed by atoms with Crippen LogP contribution in [0.2, 0.25) is 0 Å². The summed E-state index contributed by atoms with van der Waals surface area (Å²) in [5.41, 5.74) is 2.60. The summed E-state index contributed by atoms with van der Waals surface area (Å²) in [6, 6.07) is 0. The minimum Gasteiger partial charge on any atom is -0.299 e. The van der Waals surface area contributed by atoms with Gasteiger partial charge in [-0.3, -0.25) is 9.59 Å². The van der Waals surface area contributed by atoms with Crippen molar-refractivity contribution >= 4 is 11.6 Å². The molecule has 0 amide bonds. The second-order valence-corrected chi connectivity index (χ2v) is 8.55. The van der Waals surface area contributed by atoms with Crippen LogP contribution in [-0.2, 0) is 9.59 Å². The number of hydrogen-bond acceptors (Lipinski definition) is 2. The van der Waals surface area contributed by atoms with E-state index in [0.29, 0.717) is 35.7 Å². The predicted molar refractivity (Wildman–Crippen MR) is 86.2 cm³/mol. The SMILES string of the molecule is C=C1C[C@]2(C)C(=O)CC[C@H]2[C@@H]2CCC3=CC(=O)CC[C@]3(C)[C@H]12. The minimum atomic E-state index is -0.152. The van der Waals surface area contributed by atoms with Crippen molar-refractivity contribution in [3.8, 4) is 0 Å². The lowest BCUT2D eigenvalue weighted by Crippen LogP contribution is -2.51. The average molecular weight is 298 g/mol. The molecule has 4 rings (SSSR count). The number of allylic oxidation sites excluding steroid dienone is 2. The lowest BCUT2D eigenvalue weighted by atomic mass is 9.46. The fourth-order valence-corrected chi connectivity index (χ4v) is 6.43. The van der Waals surface area contributed by atoms with E-state index in [1.165, 1.54) is 11.1 Å². The highest BCUT2D eigenvalue weighted by Gasteiger charge is 2.60. The molecule has 0 radical (unpaired) electrons. The fourth-order valence-electron chi connectivity index (χ4n) is 6.43. The highest BCUT2D eigenvalue weighted by atomic mass is 16.1. The molecule has 3 saturated carbocycles. The molecule has 0 aromatic heterocycles. The first-order valence-corrected chi connectivity index (χ1v) is 8.81. The molecular formula is C20H26O2. The molecule has 3 fully saturated rings. The monoisotopic (exact) mass is 298 g/mol. The number of Topliss-reactive ketones (excluding diaryl/α,β-unsaturated/α-hetero) is 1. The summed E-state index contributed by atoms with van der Waals surface area (Å²) in [5, 5.41) is 0. The van der Waals surface area contributed by atoms with E-state index in [-0.39, 0.29) is 10.8 Å². The maximum absolute atomic E-state index is 12.5. The molecule has 0 aromatic rings. The third-order valence-corrected chi connectivity index (χ3v) is 7.51. The largest absolute Gasteiger partial charge is 0.299 e. The highest BCUT2D eigenvalue weighted by Crippen LogP contribution is 2.65. The smallest absolute Gasteiger partial charge is 0.155 e. The van der Waals surface area contributed by atoms with Gasteiger partial charge < -0.3 is 0 Å². The summed E-state index contributed by atoms with van der Waals surface area (Å²) < 4.78 is 0.